The van der Waals surface area contributed by atoms with Gasteiger partial charge in [0.2, 0.25) is 5.95 Å². The van der Waals surface area contributed by atoms with Crippen molar-refractivity contribution in [2.24, 2.45) is 5.92 Å². The van der Waals surface area contributed by atoms with Crippen molar-refractivity contribution in [2.45, 2.75) is 32.0 Å². The predicted molar refractivity (Wildman–Crippen MR) is 83.6 cm³/mol. The molecule has 10 heteroatoms. The van der Waals surface area contributed by atoms with E-state index < -0.39 is 29.7 Å². The third kappa shape index (κ3) is 2.98. The quantitative estimate of drug-likeness (QED) is 0.759. The van der Waals surface area contributed by atoms with Gasteiger partial charge in [0.15, 0.2) is 5.78 Å². The number of carbonyl (C=O) groups is 1. The molecule has 2 aliphatic rings. The summed E-state index contributed by atoms with van der Waals surface area (Å²) in [6.07, 6.45) is -4.21. The molecule has 0 fully saturated rings. The lowest BCUT2D eigenvalue weighted by Gasteiger charge is -2.34. The molecule has 5 nitrogen and oxygen atoms in total. The van der Waals surface area contributed by atoms with Crippen molar-refractivity contribution in [2.75, 3.05) is 5.32 Å². The first-order valence-electron chi connectivity index (χ1n) is 8.16. The highest BCUT2D eigenvalue weighted by atomic mass is 19.4. The van der Waals surface area contributed by atoms with Crippen molar-refractivity contribution >= 4 is 11.7 Å². The van der Waals surface area contributed by atoms with Gasteiger partial charge in [-0.05, 0) is 30.0 Å². The number of Topliss-reactive ketones (excluding diaryl/α,β-unsaturated/α-hetero) is 1. The van der Waals surface area contributed by atoms with E-state index in [2.05, 4.69) is 15.4 Å². The van der Waals surface area contributed by atoms with Crippen molar-refractivity contribution in [1.29, 1.82) is 0 Å². The largest absolute Gasteiger partial charge is 0.453 e. The minimum absolute atomic E-state index is 0.00993. The Morgan fingerprint density at radius 1 is 1.15 bits per heavy atom. The Labute approximate surface area is 149 Å². The monoisotopic (exact) mass is 384 g/mol. The number of hydrogen-bond donors (Lipinski definition) is 1. The molecule has 1 aromatic heterocycles. The first-order valence-corrected chi connectivity index (χ1v) is 8.16. The summed E-state index contributed by atoms with van der Waals surface area (Å²) in [4.78, 5) is 16.1. The minimum atomic E-state index is -4.80. The van der Waals surface area contributed by atoms with Crippen LogP contribution in [0.5, 0.6) is 0 Å². The zero-order chi connectivity index (χ0) is 19.5. The highest BCUT2D eigenvalue weighted by Crippen LogP contribution is 2.42. The van der Waals surface area contributed by atoms with E-state index >= 15 is 0 Å². The van der Waals surface area contributed by atoms with Crippen LogP contribution in [0, 0.1) is 17.6 Å². The lowest BCUT2D eigenvalue weighted by atomic mass is 9.81. The number of hydrogen-bond acceptors (Lipinski definition) is 4. The standard InChI is InChI=1S/C17H13F5N4O/c1-7-2-11-13(12(27)3-7)14(8-4-9(18)6-10(19)5-8)26-16(23-11)24-15(25-26)17(20,21)22/h4-7,14H,2-3H2,1H3,(H,23,24,25). The van der Waals surface area contributed by atoms with Crippen LogP contribution in [0.3, 0.4) is 0 Å². The molecule has 2 heterocycles. The number of nitrogens with one attached hydrogen (secondary N) is 1. The van der Waals surface area contributed by atoms with Gasteiger partial charge in [0.1, 0.15) is 17.7 Å². The zero-order valence-corrected chi connectivity index (χ0v) is 13.9. The molecule has 0 saturated carbocycles. The Morgan fingerprint density at radius 3 is 2.44 bits per heavy atom. The van der Waals surface area contributed by atoms with Crippen LogP contribution in [0.1, 0.15) is 37.2 Å². The zero-order valence-electron chi connectivity index (χ0n) is 13.9. The van der Waals surface area contributed by atoms with Crippen molar-refractivity contribution in [3.05, 3.63) is 52.5 Å². The number of ketones is 1. The number of alkyl halides is 3. The van der Waals surface area contributed by atoms with Gasteiger partial charge in [0.05, 0.1) is 0 Å². The number of aromatic nitrogens is 3. The topological polar surface area (TPSA) is 59.8 Å². The number of benzene rings is 1. The number of halogens is 5. The molecule has 4 rings (SSSR count). The van der Waals surface area contributed by atoms with Gasteiger partial charge in [-0.25, -0.2) is 13.5 Å². The Kier molecular flexibility index (Phi) is 3.83. The number of allylic oxidation sites excluding steroid dienone is 2. The smallest absolute Gasteiger partial charge is 0.328 e. The highest BCUT2D eigenvalue weighted by Gasteiger charge is 2.43. The number of rotatable bonds is 1. The summed E-state index contributed by atoms with van der Waals surface area (Å²) in [5, 5.41) is 6.21. The van der Waals surface area contributed by atoms with Crippen molar-refractivity contribution in [3.8, 4) is 0 Å². The fourth-order valence-corrected chi connectivity index (χ4v) is 3.57. The molecule has 0 saturated heterocycles. The van der Waals surface area contributed by atoms with E-state index in [1.54, 1.807) is 0 Å². The molecule has 0 spiro atoms. The maximum Gasteiger partial charge on any atom is 0.453 e. The van der Waals surface area contributed by atoms with E-state index in [1.807, 2.05) is 6.92 Å². The lowest BCUT2D eigenvalue weighted by molar-refractivity contribution is -0.145. The molecule has 142 valence electrons. The summed E-state index contributed by atoms with van der Waals surface area (Å²) >= 11 is 0. The number of nitrogens with zero attached hydrogens (tertiary/aromatic N) is 3. The summed E-state index contributed by atoms with van der Waals surface area (Å²) in [6, 6.07) is 1.42. The second kappa shape index (κ2) is 5.86. The molecular formula is C17H13F5N4O. The van der Waals surface area contributed by atoms with Gasteiger partial charge in [-0.2, -0.15) is 18.2 Å². The van der Waals surface area contributed by atoms with E-state index in [1.165, 1.54) is 0 Å². The molecule has 1 aromatic carbocycles. The van der Waals surface area contributed by atoms with Gasteiger partial charge in [-0.3, -0.25) is 4.79 Å². The Hall–Kier alpha value is -2.78. The molecular weight excluding hydrogens is 371 g/mol. The molecule has 2 unspecified atom stereocenters. The minimum Gasteiger partial charge on any atom is -0.328 e. The van der Waals surface area contributed by atoms with Crippen LogP contribution in [0.2, 0.25) is 0 Å². The van der Waals surface area contributed by atoms with Crippen LogP contribution in [0.4, 0.5) is 27.9 Å². The van der Waals surface area contributed by atoms with Crippen LogP contribution < -0.4 is 5.32 Å². The number of anilines is 1. The summed E-state index contributed by atoms with van der Waals surface area (Å²) < 4.78 is 67.6. The summed E-state index contributed by atoms with van der Waals surface area (Å²) in [6.45, 7) is 1.83. The number of fused-ring (bicyclic) bond motifs is 1. The van der Waals surface area contributed by atoms with Gasteiger partial charge < -0.3 is 5.32 Å². The highest BCUT2D eigenvalue weighted by molar-refractivity contribution is 5.99. The van der Waals surface area contributed by atoms with Gasteiger partial charge in [0, 0.05) is 23.8 Å². The molecule has 1 aliphatic heterocycles. The summed E-state index contributed by atoms with van der Waals surface area (Å²) in [7, 11) is 0. The van der Waals surface area contributed by atoms with Crippen molar-refractivity contribution in [3.63, 3.8) is 0 Å². The Balaban J connectivity index is 1.94. The first-order chi connectivity index (χ1) is 12.6. The molecule has 1 aliphatic carbocycles. The van der Waals surface area contributed by atoms with Gasteiger partial charge in [0.25, 0.3) is 5.82 Å². The second-order valence-electron chi connectivity index (χ2n) is 6.76. The van der Waals surface area contributed by atoms with Crippen molar-refractivity contribution < 1.29 is 26.7 Å². The van der Waals surface area contributed by atoms with Gasteiger partial charge >= 0.3 is 6.18 Å². The molecule has 2 atom stereocenters. The third-order valence-electron chi connectivity index (χ3n) is 4.58. The lowest BCUT2D eigenvalue weighted by Crippen LogP contribution is -2.33. The maximum atomic E-state index is 13.8. The van der Waals surface area contributed by atoms with Crippen molar-refractivity contribution in [1.82, 2.24) is 14.8 Å². The fourth-order valence-electron chi connectivity index (χ4n) is 3.57. The van der Waals surface area contributed by atoms with E-state index in [-0.39, 0.29) is 35.2 Å². The van der Waals surface area contributed by atoms with Crippen LogP contribution in [0.15, 0.2) is 29.5 Å². The maximum absolute atomic E-state index is 13.8. The van der Waals surface area contributed by atoms with Gasteiger partial charge in [-0.1, -0.05) is 6.92 Å². The van der Waals surface area contributed by atoms with E-state index in [0.29, 0.717) is 18.2 Å². The first kappa shape index (κ1) is 17.6. The van der Waals surface area contributed by atoms with Crippen LogP contribution >= 0.6 is 0 Å². The summed E-state index contributed by atoms with van der Waals surface area (Å²) in [5.41, 5.74) is 0.551. The van der Waals surface area contributed by atoms with Gasteiger partial charge in [-0.15, -0.1) is 5.10 Å². The van der Waals surface area contributed by atoms with Crippen LogP contribution in [-0.2, 0) is 11.0 Å². The summed E-state index contributed by atoms with van der Waals surface area (Å²) in [5.74, 6) is -3.75. The fraction of sp³-hybridized carbons (Fsp3) is 0.353. The average Bonchev–Trinajstić information content (AvgIpc) is 2.95. The number of carbonyl (C=O) groups excluding carboxylic acids is 1. The predicted octanol–water partition coefficient (Wildman–Crippen LogP) is 3.84. The van der Waals surface area contributed by atoms with Crippen LogP contribution in [0.25, 0.3) is 0 Å². The molecule has 0 bridgehead atoms. The van der Waals surface area contributed by atoms with E-state index in [4.69, 9.17) is 0 Å². The third-order valence-corrected chi connectivity index (χ3v) is 4.58. The van der Waals surface area contributed by atoms with Crippen LogP contribution in [-0.4, -0.2) is 20.5 Å². The molecule has 1 N–H and O–H groups in total. The van der Waals surface area contributed by atoms with E-state index in [0.717, 1.165) is 16.8 Å². The molecule has 0 amide bonds. The molecule has 0 radical (unpaired) electrons. The SMILES string of the molecule is CC1CC(=O)C2=C(C1)Nc1nc(C(F)(F)F)nn1C2c1cc(F)cc(F)c1. The normalized spacial score (nSPS) is 22.4. The Bertz CT molecular complexity index is 958. The average molecular weight is 384 g/mol. The molecule has 2 aromatic rings. The molecule has 27 heavy (non-hydrogen) atoms. The second-order valence-corrected chi connectivity index (χ2v) is 6.76. The Morgan fingerprint density at radius 2 is 1.81 bits per heavy atom. The van der Waals surface area contributed by atoms with E-state index in [9.17, 15) is 26.7 Å².